The highest BCUT2D eigenvalue weighted by Gasteiger charge is 2.15. The van der Waals surface area contributed by atoms with Gasteiger partial charge in [-0.25, -0.2) is 19.9 Å². The van der Waals surface area contributed by atoms with Gasteiger partial charge in [-0.3, -0.25) is 17.6 Å². The van der Waals surface area contributed by atoms with E-state index in [9.17, 15) is 0 Å². The average Bonchev–Trinajstić information content (AvgIpc) is 3.66. The van der Waals surface area contributed by atoms with Crippen LogP contribution in [0.25, 0.3) is 44.7 Å². The summed E-state index contributed by atoms with van der Waals surface area (Å²) in [6.07, 6.45) is 13.4. The highest BCUT2D eigenvalue weighted by Crippen LogP contribution is 2.25. The molecule has 0 saturated carbocycles. The Morgan fingerprint density at radius 1 is 0.559 bits per heavy atom. The minimum atomic E-state index is 0.787. The van der Waals surface area contributed by atoms with Crippen LogP contribution >= 0.6 is 0 Å². The van der Waals surface area contributed by atoms with E-state index in [-0.39, 0.29) is 0 Å². The van der Waals surface area contributed by atoms with Gasteiger partial charge in [-0.2, -0.15) is 0 Å². The highest BCUT2D eigenvalue weighted by atomic mass is 15.2. The predicted octanol–water partition coefficient (Wildman–Crippen LogP) is 4.37. The molecule has 0 atom stereocenters. The summed E-state index contributed by atoms with van der Waals surface area (Å²) in [4.78, 5) is 19.1. The first kappa shape index (κ1) is 17.8. The van der Waals surface area contributed by atoms with Crippen molar-refractivity contribution in [2.75, 3.05) is 0 Å². The van der Waals surface area contributed by atoms with Crippen molar-refractivity contribution in [1.29, 1.82) is 0 Å². The third-order valence-electron chi connectivity index (χ3n) is 6.63. The maximum Gasteiger partial charge on any atom is 0.220 e. The van der Waals surface area contributed by atoms with E-state index in [2.05, 4.69) is 76.4 Å². The fourth-order valence-electron chi connectivity index (χ4n) is 5.11. The third kappa shape index (κ3) is 2.31. The lowest BCUT2D eigenvalue weighted by molar-refractivity contribution is 0.901. The molecular formula is C26H18N8. The number of aryl methyl sites for hydroxylation is 2. The largest absolute Gasteiger partial charge is 0.285 e. The van der Waals surface area contributed by atoms with E-state index in [0.717, 1.165) is 68.9 Å². The summed E-state index contributed by atoms with van der Waals surface area (Å²) in [6, 6.07) is 16.6. The standard InChI is InChI=1S/C26H18N8/c1-3-7-21-19(5-1)23-29-17(15-33(23)25-27-11-13-31(21)25)9-10-18-16-34-24(30-18)20-6-2-4-8-22(20)32-14-12-28-26(32)34/h1-8,11-16H,9-10H2. The SMILES string of the molecule is c1ccc2c(c1)c1nc(CCc3cn4c(n3)c3ccccc3n3ccnc34)cn1c1nccn21. The van der Waals surface area contributed by atoms with E-state index in [1.807, 2.05) is 36.9 Å². The summed E-state index contributed by atoms with van der Waals surface area (Å²) in [5.41, 5.74) is 6.13. The Labute approximate surface area is 192 Å². The van der Waals surface area contributed by atoms with Crippen LogP contribution in [0.2, 0.25) is 0 Å². The molecule has 0 saturated heterocycles. The first-order valence-corrected chi connectivity index (χ1v) is 11.3. The molecule has 0 N–H and O–H groups in total. The fraction of sp³-hybridized carbons (Fsp3) is 0.0769. The zero-order chi connectivity index (χ0) is 22.2. The van der Waals surface area contributed by atoms with Crippen molar-refractivity contribution < 1.29 is 0 Å². The smallest absolute Gasteiger partial charge is 0.220 e. The van der Waals surface area contributed by atoms with Gasteiger partial charge in [0.25, 0.3) is 0 Å². The Morgan fingerprint density at radius 2 is 1.03 bits per heavy atom. The van der Waals surface area contributed by atoms with Crippen molar-refractivity contribution >= 4 is 44.7 Å². The van der Waals surface area contributed by atoms with Crippen molar-refractivity contribution in [3.05, 3.63) is 97.1 Å². The molecular weight excluding hydrogens is 424 g/mol. The molecule has 0 bridgehead atoms. The molecule has 0 aliphatic carbocycles. The van der Waals surface area contributed by atoms with Gasteiger partial charge in [0.05, 0.1) is 22.4 Å². The number of nitrogens with zero attached hydrogens (tertiary/aromatic N) is 8. The summed E-state index contributed by atoms with van der Waals surface area (Å²) >= 11 is 0. The van der Waals surface area contributed by atoms with Gasteiger partial charge >= 0.3 is 0 Å². The maximum atomic E-state index is 4.99. The van der Waals surface area contributed by atoms with Crippen molar-refractivity contribution in [2.24, 2.45) is 0 Å². The lowest BCUT2D eigenvalue weighted by Gasteiger charge is -2.04. The highest BCUT2D eigenvalue weighted by molar-refractivity contribution is 5.94. The topological polar surface area (TPSA) is 69.2 Å². The van der Waals surface area contributed by atoms with Crippen LogP contribution in [-0.2, 0) is 12.8 Å². The number of hydrogen-bond donors (Lipinski definition) is 0. The van der Waals surface area contributed by atoms with Gasteiger partial charge in [0.1, 0.15) is 11.3 Å². The summed E-state index contributed by atoms with van der Waals surface area (Å²) < 4.78 is 8.39. The summed E-state index contributed by atoms with van der Waals surface area (Å²) in [5.74, 6) is 1.74. The minimum Gasteiger partial charge on any atom is -0.285 e. The molecule has 34 heavy (non-hydrogen) atoms. The van der Waals surface area contributed by atoms with E-state index < -0.39 is 0 Å². The van der Waals surface area contributed by atoms with E-state index >= 15 is 0 Å². The third-order valence-corrected chi connectivity index (χ3v) is 6.63. The number of para-hydroxylation sites is 2. The zero-order valence-corrected chi connectivity index (χ0v) is 18.1. The Morgan fingerprint density at radius 3 is 1.53 bits per heavy atom. The van der Waals surface area contributed by atoms with E-state index in [0.29, 0.717) is 0 Å². The molecule has 6 heterocycles. The van der Waals surface area contributed by atoms with Gasteiger partial charge in [0.2, 0.25) is 11.6 Å². The van der Waals surface area contributed by atoms with Crippen molar-refractivity contribution in [1.82, 2.24) is 37.5 Å². The molecule has 6 aromatic heterocycles. The van der Waals surface area contributed by atoms with Crippen molar-refractivity contribution in [2.45, 2.75) is 12.8 Å². The number of rotatable bonds is 3. The lowest BCUT2D eigenvalue weighted by Crippen LogP contribution is -1.96. The second-order valence-electron chi connectivity index (χ2n) is 8.58. The van der Waals surface area contributed by atoms with Gasteiger partial charge in [-0.15, -0.1) is 0 Å². The van der Waals surface area contributed by atoms with Gasteiger partial charge in [0, 0.05) is 48.0 Å². The number of fused-ring (bicyclic) bond motifs is 12. The minimum absolute atomic E-state index is 0.787. The molecule has 0 radical (unpaired) electrons. The first-order chi connectivity index (χ1) is 16.8. The Kier molecular flexibility index (Phi) is 3.36. The van der Waals surface area contributed by atoms with Crippen LogP contribution in [0.4, 0.5) is 0 Å². The summed E-state index contributed by atoms with van der Waals surface area (Å²) in [7, 11) is 0. The number of hydrogen-bond acceptors (Lipinski definition) is 4. The van der Waals surface area contributed by atoms with Crippen molar-refractivity contribution in [3.63, 3.8) is 0 Å². The summed E-state index contributed by atoms with van der Waals surface area (Å²) in [6.45, 7) is 0. The quantitative estimate of drug-likeness (QED) is 0.408. The maximum absolute atomic E-state index is 4.99. The van der Waals surface area contributed by atoms with E-state index in [1.54, 1.807) is 0 Å². The molecule has 0 unspecified atom stereocenters. The fourth-order valence-corrected chi connectivity index (χ4v) is 5.11. The van der Waals surface area contributed by atoms with E-state index in [4.69, 9.17) is 9.97 Å². The zero-order valence-electron chi connectivity index (χ0n) is 18.1. The Hall–Kier alpha value is -4.72. The number of aromatic nitrogens is 8. The molecule has 8 rings (SSSR count). The van der Waals surface area contributed by atoms with Gasteiger partial charge < -0.3 is 0 Å². The summed E-state index contributed by atoms with van der Waals surface area (Å²) in [5, 5.41) is 2.22. The van der Waals surface area contributed by atoms with Crippen LogP contribution in [0.5, 0.6) is 0 Å². The molecule has 0 spiro atoms. The molecule has 2 aromatic carbocycles. The van der Waals surface area contributed by atoms with Crippen LogP contribution in [-0.4, -0.2) is 37.5 Å². The average molecular weight is 442 g/mol. The van der Waals surface area contributed by atoms with Gasteiger partial charge in [0.15, 0.2) is 0 Å². The van der Waals surface area contributed by atoms with Crippen LogP contribution < -0.4 is 0 Å². The second kappa shape index (κ2) is 6.41. The van der Waals surface area contributed by atoms with Crippen molar-refractivity contribution in [3.8, 4) is 0 Å². The van der Waals surface area contributed by atoms with Gasteiger partial charge in [-0.05, 0) is 37.1 Å². The molecule has 0 aliphatic heterocycles. The molecule has 162 valence electrons. The monoisotopic (exact) mass is 442 g/mol. The normalized spacial score (nSPS) is 12.4. The second-order valence-corrected chi connectivity index (χ2v) is 8.58. The number of imidazole rings is 4. The molecule has 8 heteroatoms. The van der Waals surface area contributed by atoms with E-state index in [1.165, 1.54) is 0 Å². The van der Waals surface area contributed by atoms with Crippen LogP contribution in [0, 0.1) is 0 Å². The molecule has 0 amide bonds. The van der Waals surface area contributed by atoms with Gasteiger partial charge in [-0.1, -0.05) is 24.3 Å². The van der Waals surface area contributed by atoms with Crippen LogP contribution in [0.3, 0.4) is 0 Å². The van der Waals surface area contributed by atoms with Crippen LogP contribution in [0.1, 0.15) is 11.4 Å². The predicted molar refractivity (Wildman–Crippen MR) is 130 cm³/mol. The molecule has 0 aliphatic rings. The lowest BCUT2D eigenvalue weighted by atomic mass is 10.2. The Bertz CT molecular complexity index is 1890. The first-order valence-electron chi connectivity index (χ1n) is 11.3. The molecule has 0 fully saturated rings. The molecule has 8 nitrogen and oxygen atoms in total. The number of benzene rings is 2. The van der Waals surface area contributed by atoms with Crippen LogP contribution in [0.15, 0.2) is 85.7 Å². The Balaban J connectivity index is 1.24. The molecule has 8 aromatic rings.